The Kier molecular flexibility index (Phi) is 6.25. The number of hydrogen-bond acceptors (Lipinski definition) is 7. The van der Waals surface area contributed by atoms with Gasteiger partial charge in [0.25, 0.3) is 5.56 Å². The van der Waals surface area contributed by atoms with Crippen molar-refractivity contribution in [3.63, 3.8) is 0 Å². The number of rotatable bonds is 8. The maximum absolute atomic E-state index is 12.0. The van der Waals surface area contributed by atoms with Gasteiger partial charge in [0.2, 0.25) is 6.49 Å². The number of nitrogens with zero attached hydrogens (tertiary/aromatic N) is 1. The predicted octanol–water partition coefficient (Wildman–Crippen LogP) is 1.24. The van der Waals surface area contributed by atoms with Crippen LogP contribution in [0.15, 0.2) is 21.9 Å². The first-order chi connectivity index (χ1) is 12.6. The molecular weight excluding hydrogens is 418 g/mol. The molecule has 2 aliphatic rings. The minimum atomic E-state index is -4.03. The van der Waals surface area contributed by atoms with Crippen molar-refractivity contribution in [1.82, 2.24) is 9.55 Å². The minimum absolute atomic E-state index is 0.113. The summed E-state index contributed by atoms with van der Waals surface area (Å²) in [7, 11) is -4.03. The summed E-state index contributed by atoms with van der Waals surface area (Å²) in [5, 5.41) is 0. The van der Waals surface area contributed by atoms with E-state index in [1.807, 2.05) is 6.92 Å². The van der Waals surface area contributed by atoms with E-state index < -0.39 is 31.6 Å². The van der Waals surface area contributed by atoms with Crippen molar-refractivity contribution in [3.05, 3.63) is 33.1 Å². The van der Waals surface area contributed by atoms with Gasteiger partial charge in [-0.15, -0.1) is 0 Å². The highest BCUT2D eigenvalue weighted by atomic mass is 32.5. The van der Waals surface area contributed by atoms with Crippen LogP contribution < -0.4 is 11.2 Å². The van der Waals surface area contributed by atoms with Gasteiger partial charge in [0.05, 0.1) is 12.2 Å². The third-order valence-electron chi connectivity index (χ3n) is 4.51. The lowest BCUT2D eigenvalue weighted by Gasteiger charge is -2.18. The number of aromatic amines is 1. The Morgan fingerprint density at radius 2 is 2.15 bits per heavy atom. The molecule has 152 valence electrons. The highest BCUT2D eigenvalue weighted by molar-refractivity contribution is 8.12. The molecule has 1 aromatic heterocycles. The average Bonchev–Trinajstić information content (AvgIpc) is 2.96. The number of hydrogen-bond donors (Lipinski definition) is 3. The number of nitrogens with one attached hydrogen (secondary N) is 1. The molecule has 0 aromatic carbocycles. The molecule has 0 radical (unpaired) electrons. The Morgan fingerprint density at radius 1 is 1.44 bits per heavy atom. The van der Waals surface area contributed by atoms with Gasteiger partial charge in [0.15, 0.2) is 0 Å². The van der Waals surface area contributed by atoms with Crippen LogP contribution in [0.4, 0.5) is 0 Å². The quantitative estimate of drug-likeness (QED) is 0.309. The van der Waals surface area contributed by atoms with Gasteiger partial charge in [-0.05, 0) is 31.6 Å². The third kappa shape index (κ3) is 5.46. The molecule has 0 aliphatic carbocycles. The summed E-state index contributed by atoms with van der Waals surface area (Å²) in [4.78, 5) is 43.4. The predicted molar refractivity (Wildman–Crippen MR) is 100 cm³/mol. The van der Waals surface area contributed by atoms with E-state index in [0.29, 0.717) is 25.7 Å². The second kappa shape index (κ2) is 8.00. The molecule has 0 amide bonds. The topological polar surface area (TPSA) is 143 Å². The molecule has 5 atom stereocenters. The first kappa shape index (κ1) is 21.1. The molecular formula is C14H22N2O8P2S. The van der Waals surface area contributed by atoms with Crippen molar-refractivity contribution in [1.29, 1.82) is 0 Å². The molecule has 27 heavy (non-hydrogen) atoms. The van der Waals surface area contributed by atoms with Crippen LogP contribution in [0.5, 0.6) is 0 Å². The van der Waals surface area contributed by atoms with Crippen molar-refractivity contribution < 1.29 is 28.1 Å². The van der Waals surface area contributed by atoms with E-state index >= 15 is 0 Å². The van der Waals surface area contributed by atoms with E-state index in [2.05, 4.69) is 4.98 Å². The zero-order chi connectivity index (χ0) is 19.8. The second-order valence-corrected chi connectivity index (χ2v) is 12.2. The van der Waals surface area contributed by atoms with Gasteiger partial charge in [-0.1, -0.05) is 6.42 Å². The number of ether oxygens (including phenoxy) is 1. The van der Waals surface area contributed by atoms with Crippen molar-refractivity contribution in [3.8, 4) is 0 Å². The van der Waals surface area contributed by atoms with E-state index in [-0.39, 0.29) is 24.2 Å². The Bertz CT molecular complexity index is 896. The van der Waals surface area contributed by atoms with Crippen LogP contribution in [0.1, 0.15) is 38.8 Å². The summed E-state index contributed by atoms with van der Waals surface area (Å²) < 4.78 is 29.6. The van der Waals surface area contributed by atoms with Crippen LogP contribution in [-0.4, -0.2) is 43.6 Å². The Hall–Kier alpha value is -0.640. The summed E-state index contributed by atoms with van der Waals surface area (Å²) in [6.45, 7) is -0.470. The average molecular weight is 440 g/mol. The van der Waals surface area contributed by atoms with Gasteiger partial charge in [-0.2, -0.15) is 0 Å². The summed E-state index contributed by atoms with van der Waals surface area (Å²) in [5.41, 5.74) is -1.07. The highest BCUT2D eigenvalue weighted by Gasteiger charge is 2.50. The molecule has 2 saturated heterocycles. The van der Waals surface area contributed by atoms with Gasteiger partial charge in [0, 0.05) is 24.8 Å². The Morgan fingerprint density at radius 3 is 2.74 bits per heavy atom. The van der Waals surface area contributed by atoms with Gasteiger partial charge >= 0.3 is 13.3 Å². The van der Waals surface area contributed by atoms with Crippen LogP contribution in [0.3, 0.4) is 0 Å². The number of aromatic nitrogens is 2. The molecule has 10 nitrogen and oxygen atoms in total. The van der Waals surface area contributed by atoms with E-state index in [4.69, 9.17) is 35.4 Å². The smallest absolute Gasteiger partial charge is 0.330 e. The first-order valence-electron chi connectivity index (χ1n) is 8.55. The first-order valence-corrected chi connectivity index (χ1v) is 13.1. The van der Waals surface area contributed by atoms with Crippen molar-refractivity contribution in [2.45, 2.75) is 56.9 Å². The summed E-state index contributed by atoms with van der Waals surface area (Å²) >= 11 is 5.38. The van der Waals surface area contributed by atoms with Gasteiger partial charge in [-0.3, -0.25) is 18.9 Å². The van der Waals surface area contributed by atoms with Crippen molar-refractivity contribution in [2.24, 2.45) is 0 Å². The molecule has 3 unspecified atom stereocenters. The SMILES string of the molecule is CC1OP1(=S)OC1C[C@H](n2ccc(=O)[nH]c2=O)O[C@@H]1CCCCP(=O)(O)O. The van der Waals surface area contributed by atoms with Gasteiger partial charge in [-0.25, -0.2) is 4.79 Å². The maximum Gasteiger partial charge on any atom is 0.330 e. The Labute approximate surface area is 160 Å². The fraction of sp³-hybridized carbons (Fsp3) is 0.714. The van der Waals surface area contributed by atoms with E-state index in [9.17, 15) is 14.2 Å². The summed E-state index contributed by atoms with van der Waals surface area (Å²) in [5.74, 6) is -0.113. The van der Waals surface area contributed by atoms with E-state index in [1.165, 1.54) is 16.8 Å². The second-order valence-electron chi connectivity index (χ2n) is 6.65. The number of unbranched alkanes of at least 4 members (excludes halogenated alkanes) is 1. The minimum Gasteiger partial charge on any atom is -0.352 e. The normalized spacial score (nSPS) is 33.3. The van der Waals surface area contributed by atoms with Crippen LogP contribution in [0.25, 0.3) is 0 Å². The van der Waals surface area contributed by atoms with Crippen LogP contribution in [0, 0.1) is 0 Å². The highest BCUT2D eigenvalue weighted by Crippen LogP contribution is 2.71. The van der Waals surface area contributed by atoms with Crippen molar-refractivity contribution >= 4 is 25.9 Å². The van der Waals surface area contributed by atoms with Gasteiger partial charge < -0.3 is 23.6 Å². The molecule has 1 aromatic rings. The molecule has 13 heteroatoms. The Balaban J connectivity index is 1.68. The number of H-pyrrole nitrogens is 1. The molecule has 3 heterocycles. The molecule has 0 saturated carbocycles. The van der Waals surface area contributed by atoms with Crippen LogP contribution in [-0.2, 0) is 30.2 Å². The van der Waals surface area contributed by atoms with E-state index in [0.717, 1.165) is 0 Å². The fourth-order valence-corrected chi connectivity index (χ4v) is 6.04. The van der Waals surface area contributed by atoms with Crippen molar-refractivity contribution in [2.75, 3.05) is 6.16 Å². The zero-order valence-corrected chi connectivity index (χ0v) is 17.2. The summed E-state index contributed by atoms with van der Waals surface area (Å²) in [6, 6.07) is 1.24. The van der Waals surface area contributed by atoms with Crippen LogP contribution >= 0.6 is 14.1 Å². The lowest BCUT2D eigenvalue weighted by atomic mass is 10.1. The molecule has 0 spiro atoms. The van der Waals surface area contributed by atoms with Gasteiger partial charge in [0.1, 0.15) is 12.1 Å². The monoisotopic (exact) mass is 440 g/mol. The fourth-order valence-electron chi connectivity index (χ4n) is 3.04. The lowest BCUT2D eigenvalue weighted by Crippen LogP contribution is -2.31. The molecule has 2 aliphatic heterocycles. The molecule has 3 rings (SSSR count). The standard InChI is InChI=1S/C14H22N2O8P2S/c1-9-23-26(9,27)24-11-8-13(16-6-5-12(17)15-14(16)18)22-10(11)4-2-3-7-25(19,20)21/h5-6,9-11,13H,2-4,7-8H2,1H3,(H,15,17,18)(H2,19,20,21)/t9?,10-,11?,13-,26?/m1/s1. The molecule has 2 fully saturated rings. The summed E-state index contributed by atoms with van der Waals surface area (Å²) in [6.07, 6.45) is 1.53. The molecule has 0 bridgehead atoms. The van der Waals surface area contributed by atoms with E-state index in [1.54, 1.807) is 0 Å². The third-order valence-corrected chi connectivity index (χ3v) is 8.78. The lowest BCUT2D eigenvalue weighted by molar-refractivity contribution is -0.0202. The zero-order valence-electron chi connectivity index (χ0n) is 14.6. The largest absolute Gasteiger partial charge is 0.352 e. The van der Waals surface area contributed by atoms with Crippen LogP contribution in [0.2, 0.25) is 0 Å². The molecule has 3 N–H and O–H groups in total. The maximum atomic E-state index is 12.0.